The Labute approximate surface area is 101 Å². The van der Waals surface area contributed by atoms with Crippen molar-refractivity contribution >= 4 is 17.0 Å². The molecule has 0 N–H and O–H groups in total. The average Bonchev–Trinajstić information content (AvgIpc) is 2.29. The molecule has 4 nitrogen and oxygen atoms in total. The number of rotatable bonds is 3. The van der Waals surface area contributed by atoms with E-state index in [2.05, 4.69) is 4.99 Å². The summed E-state index contributed by atoms with van der Waals surface area (Å²) in [6.45, 7) is 4.55. The maximum absolute atomic E-state index is 5.67. The minimum atomic E-state index is -0.254. The van der Waals surface area contributed by atoms with E-state index in [1.165, 1.54) is 11.8 Å². The lowest BCUT2D eigenvalue weighted by Gasteiger charge is -2.29. The van der Waals surface area contributed by atoms with Crippen LogP contribution in [-0.2, 0) is 14.2 Å². The molecule has 3 atom stereocenters. The van der Waals surface area contributed by atoms with E-state index in [-0.39, 0.29) is 18.5 Å². The van der Waals surface area contributed by atoms with Crippen LogP contribution in [0.25, 0.3) is 0 Å². The van der Waals surface area contributed by atoms with Crippen LogP contribution in [0.4, 0.5) is 0 Å². The minimum Gasteiger partial charge on any atom is -0.463 e. The predicted molar refractivity (Wildman–Crippen MR) is 66.8 cm³/mol. The van der Waals surface area contributed by atoms with Crippen LogP contribution in [0.2, 0.25) is 0 Å². The molecule has 92 valence electrons. The molecule has 1 rings (SSSR count). The van der Waals surface area contributed by atoms with Crippen LogP contribution in [0.5, 0.6) is 0 Å². The Kier molecular flexibility index (Phi) is 5.87. The maximum Gasteiger partial charge on any atom is 0.245 e. The maximum atomic E-state index is 5.67. The fourth-order valence-corrected chi connectivity index (χ4v) is 1.78. The molecule has 0 saturated carbocycles. The smallest absolute Gasteiger partial charge is 0.245 e. The molecular formula is C11H19NO3S. The summed E-state index contributed by atoms with van der Waals surface area (Å²) in [5.41, 5.74) is 0. The fraction of sp³-hybridized carbons (Fsp3) is 0.727. The zero-order valence-corrected chi connectivity index (χ0v) is 11.0. The SMILES string of the molecule is CCO[C@@H]1C=CC(OC(=NC)SC)[C@@H](C)O1. The highest BCUT2D eigenvalue weighted by Gasteiger charge is 2.25. The first-order valence-corrected chi connectivity index (χ1v) is 6.56. The molecule has 0 radical (unpaired) electrons. The van der Waals surface area contributed by atoms with E-state index in [1.807, 2.05) is 32.3 Å². The molecule has 0 aliphatic carbocycles. The third-order valence-electron chi connectivity index (χ3n) is 2.19. The Hall–Kier alpha value is -0.520. The summed E-state index contributed by atoms with van der Waals surface area (Å²) in [7, 11) is 1.72. The van der Waals surface area contributed by atoms with Gasteiger partial charge in [0.2, 0.25) is 5.23 Å². The Morgan fingerprint density at radius 1 is 1.50 bits per heavy atom. The van der Waals surface area contributed by atoms with Crippen molar-refractivity contribution in [2.75, 3.05) is 19.9 Å². The minimum absolute atomic E-state index is 0.0366. The van der Waals surface area contributed by atoms with Gasteiger partial charge in [0.05, 0.1) is 6.10 Å². The van der Waals surface area contributed by atoms with Crippen LogP contribution in [0.15, 0.2) is 17.1 Å². The van der Waals surface area contributed by atoms with Crippen molar-refractivity contribution in [2.45, 2.75) is 32.3 Å². The van der Waals surface area contributed by atoms with Crippen molar-refractivity contribution in [3.63, 3.8) is 0 Å². The summed E-state index contributed by atoms with van der Waals surface area (Å²) >= 11 is 1.48. The summed E-state index contributed by atoms with van der Waals surface area (Å²) in [5, 5.41) is 0.667. The molecule has 1 aliphatic rings. The lowest BCUT2D eigenvalue weighted by Crippen LogP contribution is -2.36. The summed E-state index contributed by atoms with van der Waals surface area (Å²) < 4.78 is 16.7. The van der Waals surface area contributed by atoms with Gasteiger partial charge in [0.1, 0.15) is 6.10 Å². The first-order valence-electron chi connectivity index (χ1n) is 5.34. The summed E-state index contributed by atoms with van der Waals surface area (Å²) in [6, 6.07) is 0. The summed E-state index contributed by atoms with van der Waals surface area (Å²) in [4.78, 5) is 4.03. The van der Waals surface area contributed by atoms with Gasteiger partial charge in [-0.3, -0.25) is 0 Å². The highest BCUT2D eigenvalue weighted by molar-refractivity contribution is 8.12. The van der Waals surface area contributed by atoms with Gasteiger partial charge in [-0.25, -0.2) is 4.99 Å². The van der Waals surface area contributed by atoms with Crippen LogP contribution in [-0.4, -0.2) is 43.6 Å². The number of ether oxygens (including phenoxy) is 3. The van der Waals surface area contributed by atoms with Crippen molar-refractivity contribution in [1.29, 1.82) is 0 Å². The molecule has 5 heteroatoms. The van der Waals surface area contributed by atoms with E-state index in [0.717, 1.165) is 0 Å². The molecule has 0 aromatic rings. The second-order valence-corrected chi connectivity index (χ2v) is 4.08. The first-order chi connectivity index (χ1) is 7.71. The molecule has 16 heavy (non-hydrogen) atoms. The van der Waals surface area contributed by atoms with Crippen LogP contribution in [0, 0.1) is 0 Å². The van der Waals surface area contributed by atoms with Crippen molar-refractivity contribution in [2.24, 2.45) is 4.99 Å². The second-order valence-electron chi connectivity index (χ2n) is 3.33. The largest absolute Gasteiger partial charge is 0.463 e. The van der Waals surface area contributed by atoms with E-state index in [4.69, 9.17) is 14.2 Å². The number of hydrogen-bond acceptors (Lipinski definition) is 5. The molecule has 0 amide bonds. The van der Waals surface area contributed by atoms with Gasteiger partial charge in [-0.2, -0.15) is 0 Å². The predicted octanol–water partition coefficient (Wildman–Crippen LogP) is 2.06. The Bertz CT molecular complexity index is 268. The molecule has 0 aromatic carbocycles. The van der Waals surface area contributed by atoms with E-state index >= 15 is 0 Å². The van der Waals surface area contributed by atoms with Gasteiger partial charge in [-0.1, -0.05) is 11.8 Å². The Morgan fingerprint density at radius 3 is 2.75 bits per heavy atom. The third-order valence-corrected chi connectivity index (χ3v) is 2.82. The average molecular weight is 245 g/mol. The second kappa shape index (κ2) is 6.93. The number of thioether (sulfide) groups is 1. The van der Waals surface area contributed by atoms with Gasteiger partial charge in [0.15, 0.2) is 6.29 Å². The van der Waals surface area contributed by atoms with Gasteiger partial charge < -0.3 is 14.2 Å². The van der Waals surface area contributed by atoms with Gasteiger partial charge in [-0.05, 0) is 32.3 Å². The summed E-state index contributed by atoms with van der Waals surface area (Å²) in [6.07, 6.45) is 5.39. The number of hydrogen-bond donors (Lipinski definition) is 0. The molecule has 1 unspecified atom stereocenters. The highest BCUT2D eigenvalue weighted by Crippen LogP contribution is 2.18. The fourth-order valence-electron chi connectivity index (χ4n) is 1.39. The third kappa shape index (κ3) is 3.81. The lowest BCUT2D eigenvalue weighted by atomic mass is 10.2. The van der Waals surface area contributed by atoms with Gasteiger partial charge >= 0.3 is 0 Å². The number of nitrogens with zero attached hydrogens (tertiary/aromatic N) is 1. The van der Waals surface area contributed by atoms with Crippen LogP contribution in [0.3, 0.4) is 0 Å². The molecule has 1 heterocycles. The Morgan fingerprint density at radius 2 is 2.25 bits per heavy atom. The standard InChI is InChI=1S/C11H19NO3S/c1-5-13-10-7-6-9(8(2)14-10)15-11(12-3)16-4/h6-10H,5H2,1-4H3/t8-,9?,10+/m1/s1. The zero-order chi connectivity index (χ0) is 12.0. The molecule has 0 saturated heterocycles. The molecular weight excluding hydrogens is 226 g/mol. The van der Waals surface area contributed by atoms with Crippen LogP contribution < -0.4 is 0 Å². The first kappa shape index (κ1) is 13.5. The van der Waals surface area contributed by atoms with Crippen LogP contribution in [0.1, 0.15) is 13.8 Å². The molecule has 0 aromatic heterocycles. The van der Waals surface area contributed by atoms with Crippen molar-refractivity contribution in [3.8, 4) is 0 Å². The van der Waals surface area contributed by atoms with E-state index in [9.17, 15) is 0 Å². The van der Waals surface area contributed by atoms with Gasteiger partial charge in [0, 0.05) is 13.7 Å². The Balaban J connectivity index is 2.54. The quantitative estimate of drug-likeness (QED) is 0.433. The van der Waals surface area contributed by atoms with Crippen molar-refractivity contribution in [1.82, 2.24) is 0 Å². The topological polar surface area (TPSA) is 40.0 Å². The van der Waals surface area contributed by atoms with Crippen molar-refractivity contribution in [3.05, 3.63) is 12.2 Å². The zero-order valence-electron chi connectivity index (χ0n) is 10.2. The molecule has 1 aliphatic heterocycles. The monoisotopic (exact) mass is 245 g/mol. The van der Waals surface area contributed by atoms with Crippen molar-refractivity contribution < 1.29 is 14.2 Å². The van der Waals surface area contributed by atoms with E-state index in [1.54, 1.807) is 7.05 Å². The summed E-state index contributed by atoms with van der Waals surface area (Å²) in [5.74, 6) is 0. The van der Waals surface area contributed by atoms with E-state index in [0.29, 0.717) is 11.8 Å². The van der Waals surface area contributed by atoms with Gasteiger partial charge in [0.25, 0.3) is 0 Å². The van der Waals surface area contributed by atoms with E-state index < -0.39 is 0 Å². The molecule has 0 spiro atoms. The normalized spacial score (nSPS) is 30.5. The highest BCUT2D eigenvalue weighted by atomic mass is 32.2. The molecule has 0 bridgehead atoms. The lowest BCUT2D eigenvalue weighted by molar-refractivity contribution is -0.160. The van der Waals surface area contributed by atoms with Gasteiger partial charge in [-0.15, -0.1) is 0 Å². The van der Waals surface area contributed by atoms with Crippen LogP contribution >= 0.6 is 11.8 Å². The number of aliphatic imine (C=N–C) groups is 1. The molecule has 0 fully saturated rings.